The Labute approximate surface area is 134 Å². The van der Waals surface area contributed by atoms with Crippen LogP contribution in [0.2, 0.25) is 0 Å². The van der Waals surface area contributed by atoms with E-state index in [4.69, 9.17) is 4.52 Å². The first-order chi connectivity index (χ1) is 11.3. The zero-order chi connectivity index (χ0) is 17.3. The zero-order valence-electron chi connectivity index (χ0n) is 12.7. The van der Waals surface area contributed by atoms with Crippen LogP contribution in [0.5, 0.6) is 0 Å². The summed E-state index contributed by atoms with van der Waals surface area (Å²) in [6.45, 7) is 1.65. The van der Waals surface area contributed by atoms with Gasteiger partial charge < -0.3 is 9.84 Å². The van der Waals surface area contributed by atoms with Gasteiger partial charge in [-0.15, -0.1) is 0 Å². The number of hydrogen-bond acceptors (Lipinski definition) is 6. The fourth-order valence-electron chi connectivity index (χ4n) is 2.11. The number of aryl methyl sites for hydroxylation is 2. The highest BCUT2D eigenvalue weighted by atomic mass is 19.4. The maximum atomic E-state index is 12.6. The molecule has 0 radical (unpaired) electrons. The van der Waals surface area contributed by atoms with Crippen molar-refractivity contribution < 1.29 is 17.7 Å². The first-order valence-electron chi connectivity index (χ1n) is 6.91. The normalized spacial score (nSPS) is 13.0. The molecule has 0 amide bonds. The molecule has 0 spiro atoms. The van der Waals surface area contributed by atoms with E-state index in [1.807, 2.05) is 0 Å². The van der Waals surface area contributed by atoms with Crippen molar-refractivity contribution in [3.8, 4) is 0 Å². The summed E-state index contributed by atoms with van der Waals surface area (Å²) in [6.07, 6.45) is -0.315. The minimum atomic E-state index is -4.43. The average Bonchev–Trinajstić information content (AvgIpc) is 3.13. The summed E-state index contributed by atoms with van der Waals surface area (Å²) in [6, 6.07) is 1.65. The van der Waals surface area contributed by atoms with Gasteiger partial charge in [0.1, 0.15) is 11.9 Å². The number of halogens is 3. The third kappa shape index (κ3) is 3.36. The van der Waals surface area contributed by atoms with Crippen LogP contribution in [0.1, 0.15) is 28.9 Å². The maximum absolute atomic E-state index is 12.6. The van der Waals surface area contributed by atoms with E-state index in [1.165, 1.54) is 6.07 Å². The zero-order valence-corrected chi connectivity index (χ0v) is 12.7. The highest BCUT2D eigenvalue weighted by Crippen LogP contribution is 2.30. The molecule has 3 aromatic heterocycles. The molecular weight excluding hydrogens is 325 g/mol. The van der Waals surface area contributed by atoms with Crippen LogP contribution >= 0.6 is 0 Å². The van der Waals surface area contributed by atoms with Crippen molar-refractivity contribution in [1.82, 2.24) is 24.9 Å². The van der Waals surface area contributed by atoms with E-state index in [0.29, 0.717) is 11.7 Å². The lowest BCUT2D eigenvalue weighted by Crippen LogP contribution is -2.15. The van der Waals surface area contributed by atoms with Gasteiger partial charge in [-0.3, -0.25) is 4.68 Å². The van der Waals surface area contributed by atoms with Gasteiger partial charge in [-0.1, -0.05) is 5.16 Å². The molecule has 0 aliphatic rings. The standard InChI is InChI=1S/C14H13F3N6O/c1-8-20-13(22-24-8)12(9-5-19-23(2)7-9)21-11-4-3-10(6-18-11)14(15,16)17/h3-7,12H,1-2H3,(H,18,21)/t12-/m1/s1. The molecule has 0 saturated carbocycles. The van der Waals surface area contributed by atoms with Gasteiger partial charge in [0.25, 0.3) is 0 Å². The summed E-state index contributed by atoms with van der Waals surface area (Å²) >= 11 is 0. The third-order valence-electron chi connectivity index (χ3n) is 3.24. The number of nitrogens with one attached hydrogen (secondary N) is 1. The predicted octanol–water partition coefficient (Wildman–Crippen LogP) is 2.73. The molecule has 7 nitrogen and oxygen atoms in total. The second-order valence-corrected chi connectivity index (χ2v) is 5.13. The van der Waals surface area contributed by atoms with E-state index >= 15 is 0 Å². The van der Waals surface area contributed by atoms with Crippen molar-refractivity contribution in [2.45, 2.75) is 19.1 Å². The number of hydrogen-bond donors (Lipinski definition) is 1. The first kappa shape index (κ1) is 16.0. The summed E-state index contributed by atoms with van der Waals surface area (Å²) in [5.41, 5.74) is -0.0959. The smallest absolute Gasteiger partial charge is 0.356 e. The van der Waals surface area contributed by atoms with Crippen molar-refractivity contribution in [1.29, 1.82) is 0 Å². The molecule has 0 aliphatic carbocycles. The van der Waals surface area contributed by atoms with Crippen molar-refractivity contribution in [2.24, 2.45) is 7.05 Å². The average molecular weight is 338 g/mol. The second kappa shape index (κ2) is 5.95. The maximum Gasteiger partial charge on any atom is 0.417 e. The molecule has 0 unspecified atom stereocenters. The Hall–Kier alpha value is -2.91. The Kier molecular flexibility index (Phi) is 3.96. The number of alkyl halides is 3. The first-order valence-corrected chi connectivity index (χ1v) is 6.91. The van der Waals surface area contributed by atoms with Gasteiger partial charge in [-0.25, -0.2) is 4.98 Å². The molecule has 3 rings (SSSR count). The predicted molar refractivity (Wildman–Crippen MR) is 76.9 cm³/mol. The summed E-state index contributed by atoms with van der Waals surface area (Å²) in [5.74, 6) is 0.961. The molecular formula is C14H13F3N6O. The minimum absolute atomic E-state index is 0.249. The Morgan fingerprint density at radius 3 is 2.54 bits per heavy atom. The summed E-state index contributed by atoms with van der Waals surface area (Å²) in [7, 11) is 1.75. The molecule has 0 bridgehead atoms. The van der Waals surface area contributed by atoms with E-state index in [2.05, 4.69) is 25.5 Å². The number of anilines is 1. The van der Waals surface area contributed by atoms with Crippen LogP contribution in [0, 0.1) is 6.92 Å². The van der Waals surface area contributed by atoms with Crippen LogP contribution in [0.15, 0.2) is 35.2 Å². The summed E-state index contributed by atoms with van der Waals surface area (Å²) in [4.78, 5) is 7.97. The molecule has 0 aliphatic heterocycles. The molecule has 3 heterocycles. The quantitative estimate of drug-likeness (QED) is 0.788. The number of rotatable bonds is 4. The van der Waals surface area contributed by atoms with Crippen LogP contribution < -0.4 is 5.32 Å². The van der Waals surface area contributed by atoms with Crippen LogP contribution in [0.3, 0.4) is 0 Å². The van der Waals surface area contributed by atoms with Crippen molar-refractivity contribution in [3.63, 3.8) is 0 Å². The second-order valence-electron chi connectivity index (χ2n) is 5.13. The molecule has 24 heavy (non-hydrogen) atoms. The molecule has 1 atom stereocenters. The highest BCUT2D eigenvalue weighted by Gasteiger charge is 2.31. The van der Waals surface area contributed by atoms with Gasteiger partial charge in [-0.2, -0.15) is 23.3 Å². The fraction of sp³-hybridized carbons (Fsp3) is 0.286. The van der Waals surface area contributed by atoms with Gasteiger partial charge >= 0.3 is 6.18 Å². The van der Waals surface area contributed by atoms with Crippen molar-refractivity contribution >= 4 is 5.82 Å². The Balaban J connectivity index is 1.89. The number of nitrogens with zero attached hydrogens (tertiary/aromatic N) is 5. The highest BCUT2D eigenvalue weighted by molar-refractivity contribution is 5.41. The Morgan fingerprint density at radius 2 is 2.04 bits per heavy atom. The van der Waals surface area contributed by atoms with Crippen LogP contribution in [-0.2, 0) is 13.2 Å². The number of pyridine rings is 1. The summed E-state index contributed by atoms with van der Waals surface area (Å²) in [5, 5.41) is 10.9. The SMILES string of the molecule is Cc1nc([C@H](Nc2ccc(C(F)(F)F)cn2)c2cnn(C)c2)no1. The monoisotopic (exact) mass is 338 g/mol. The van der Waals surface area contributed by atoms with E-state index < -0.39 is 17.8 Å². The topological polar surface area (TPSA) is 81.7 Å². The van der Waals surface area contributed by atoms with Crippen LogP contribution in [0.25, 0.3) is 0 Å². The largest absolute Gasteiger partial charge is 0.417 e. The van der Waals surface area contributed by atoms with E-state index in [-0.39, 0.29) is 5.82 Å². The lowest BCUT2D eigenvalue weighted by Gasteiger charge is -2.15. The van der Waals surface area contributed by atoms with Gasteiger partial charge in [0, 0.05) is 31.9 Å². The number of aromatic nitrogens is 5. The molecule has 0 fully saturated rings. The van der Waals surface area contributed by atoms with Gasteiger partial charge in [0.2, 0.25) is 5.89 Å². The van der Waals surface area contributed by atoms with Crippen molar-refractivity contribution in [3.05, 3.63) is 53.6 Å². The van der Waals surface area contributed by atoms with E-state index in [9.17, 15) is 13.2 Å². The molecule has 10 heteroatoms. The van der Waals surface area contributed by atoms with E-state index in [1.54, 1.807) is 31.0 Å². The lowest BCUT2D eigenvalue weighted by molar-refractivity contribution is -0.137. The molecule has 3 aromatic rings. The third-order valence-corrected chi connectivity index (χ3v) is 3.24. The summed E-state index contributed by atoms with van der Waals surface area (Å²) < 4.78 is 44.4. The minimum Gasteiger partial charge on any atom is -0.356 e. The van der Waals surface area contributed by atoms with Crippen molar-refractivity contribution in [2.75, 3.05) is 5.32 Å². The molecule has 0 aromatic carbocycles. The van der Waals surface area contributed by atoms with Gasteiger partial charge in [-0.05, 0) is 12.1 Å². The van der Waals surface area contributed by atoms with Crippen LogP contribution in [-0.4, -0.2) is 24.9 Å². The fourth-order valence-corrected chi connectivity index (χ4v) is 2.11. The molecule has 0 saturated heterocycles. The van der Waals surface area contributed by atoms with Gasteiger partial charge in [0.05, 0.1) is 11.8 Å². The van der Waals surface area contributed by atoms with E-state index in [0.717, 1.165) is 17.8 Å². The molecule has 1 N–H and O–H groups in total. The Morgan fingerprint density at radius 1 is 1.25 bits per heavy atom. The molecule has 126 valence electrons. The van der Waals surface area contributed by atoms with Crippen LogP contribution in [0.4, 0.5) is 19.0 Å². The van der Waals surface area contributed by atoms with Gasteiger partial charge in [0.15, 0.2) is 5.82 Å². The Bertz CT molecular complexity index is 783. The lowest BCUT2D eigenvalue weighted by atomic mass is 10.1.